The molecule has 120 valence electrons. The van der Waals surface area contributed by atoms with Crippen LogP contribution in [0.1, 0.15) is 22.3 Å². The molecule has 4 nitrogen and oxygen atoms in total. The number of nitrogens with one attached hydrogen (secondary N) is 2. The van der Waals surface area contributed by atoms with Crippen molar-refractivity contribution in [3.05, 3.63) is 64.7 Å². The van der Waals surface area contributed by atoms with Crippen LogP contribution in [-0.4, -0.2) is 17.6 Å². The Morgan fingerprint density at radius 3 is 2.43 bits per heavy atom. The van der Waals surface area contributed by atoms with Crippen molar-refractivity contribution in [1.82, 2.24) is 10.9 Å². The van der Waals surface area contributed by atoms with Crippen LogP contribution in [0.15, 0.2) is 53.4 Å². The number of halogens is 1. The fraction of sp³-hybridized carbons (Fsp3) is 0.176. The molecule has 0 radical (unpaired) electrons. The van der Waals surface area contributed by atoms with Crippen molar-refractivity contribution in [2.24, 2.45) is 0 Å². The number of amides is 2. The van der Waals surface area contributed by atoms with Crippen molar-refractivity contribution in [3.8, 4) is 0 Å². The maximum atomic E-state index is 12.0. The van der Waals surface area contributed by atoms with Gasteiger partial charge in [0.05, 0.1) is 0 Å². The molecule has 0 aliphatic rings. The van der Waals surface area contributed by atoms with E-state index in [4.69, 9.17) is 11.6 Å². The van der Waals surface area contributed by atoms with E-state index in [0.717, 1.165) is 10.5 Å². The molecule has 0 bridgehead atoms. The third-order valence-electron chi connectivity index (χ3n) is 3.12. The molecule has 2 aromatic carbocycles. The van der Waals surface area contributed by atoms with Crippen LogP contribution in [0.2, 0.25) is 5.02 Å². The van der Waals surface area contributed by atoms with Crippen molar-refractivity contribution < 1.29 is 9.59 Å². The molecule has 0 aliphatic carbocycles. The van der Waals surface area contributed by atoms with Gasteiger partial charge in [0, 0.05) is 27.7 Å². The van der Waals surface area contributed by atoms with Crippen LogP contribution in [0.25, 0.3) is 0 Å². The molecule has 0 saturated carbocycles. The molecule has 6 heteroatoms. The van der Waals surface area contributed by atoms with Crippen LogP contribution in [0, 0.1) is 6.92 Å². The summed E-state index contributed by atoms with van der Waals surface area (Å²) >= 11 is 7.37. The second-order valence-corrected chi connectivity index (χ2v) is 6.47. The van der Waals surface area contributed by atoms with Crippen LogP contribution in [0.3, 0.4) is 0 Å². The van der Waals surface area contributed by atoms with Crippen molar-refractivity contribution in [1.29, 1.82) is 0 Å². The molecule has 23 heavy (non-hydrogen) atoms. The highest BCUT2D eigenvalue weighted by Gasteiger charge is 2.09. The van der Waals surface area contributed by atoms with Gasteiger partial charge in [-0.3, -0.25) is 20.4 Å². The van der Waals surface area contributed by atoms with Gasteiger partial charge < -0.3 is 0 Å². The summed E-state index contributed by atoms with van der Waals surface area (Å²) in [6, 6.07) is 14.6. The molecule has 0 aliphatic heterocycles. The van der Waals surface area contributed by atoms with Gasteiger partial charge in [-0.1, -0.05) is 29.8 Å². The van der Waals surface area contributed by atoms with E-state index >= 15 is 0 Å². The first-order valence-electron chi connectivity index (χ1n) is 7.09. The first kappa shape index (κ1) is 17.4. The molecular weight excluding hydrogens is 332 g/mol. The summed E-state index contributed by atoms with van der Waals surface area (Å²) in [6.45, 7) is 1.85. The summed E-state index contributed by atoms with van der Waals surface area (Å²) < 4.78 is 0. The summed E-state index contributed by atoms with van der Waals surface area (Å²) in [5.74, 6) is 0.0726. The number of carbonyl (C=O) groups excluding carboxylic acids is 2. The average molecular weight is 349 g/mol. The van der Waals surface area contributed by atoms with E-state index in [-0.39, 0.29) is 11.8 Å². The van der Waals surface area contributed by atoms with Gasteiger partial charge in [0.15, 0.2) is 0 Å². The van der Waals surface area contributed by atoms with Gasteiger partial charge in [0.2, 0.25) is 5.91 Å². The van der Waals surface area contributed by atoms with Gasteiger partial charge in [-0.2, -0.15) is 0 Å². The second kappa shape index (κ2) is 8.60. The van der Waals surface area contributed by atoms with E-state index in [9.17, 15) is 9.59 Å². The second-order valence-electron chi connectivity index (χ2n) is 4.87. The SMILES string of the molecule is Cc1ccccc1C(=O)NNC(=O)CCSc1ccc(Cl)cc1. The third-order valence-corrected chi connectivity index (χ3v) is 4.38. The monoisotopic (exact) mass is 348 g/mol. The molecule has 0 spiro atoms. The summed E-state index contributed by atoms with van der Waals surface area (Å²) in [6.07, 6.45) is 0.307. The Balaban J connectivity index is 1.72. The summed E-state index contributed by atoms with van der Waals surface area (Å²) in [7, 11) is 0. The third kappa shape index (κ3) is 5.62. The topological polar surface area (TPSA) is 58.2 Å². The van der Waals surface area contributed by atoms with Gasteiger partial charge >= 0.3 is 0 Å². The molecule has 2 amide bonds. The first-order valence-corrected chi connectivity index (χ1v) is 8.46. The Bertz CT molecular complexity index is 689. The van der Waals surface area contributed by atoms with E-state index in [1.54, 1.807) is 23.9 Å². The number of hydrazine groups is 1. The Labute approximate surface area is 144 Å². The fourth-order valence-corrected chi connectivity index (χ4v) is 2.85. The molecule has 2 rings (SSSR count). The Morgan fingerprint density at radius 1 is 1.04 bits per heavy atom. The fourth-order valence-electron chi connectivity index (χ4n) is 1.88. The highest BCUT2D eigenvalue weighted by Crippen LogP contribution is 2.20. The Kier molecular flexibility index (Phi) is 6.50. The number of aryl methyl sites for hydroxylation is 1. The van der Waals surface area contributed by atoms with E-state index in [0.29, 0.717) is 22.8 Å². The van der Waals surface area contributed by atoms with Crippen LogP contribution in [-0.2, 0) is 4.79 Å². The van der Waals surface area contributed by atoms with E-state index < -0.39 is 0 Å². The quantitative estimate of drug-likeness (QED) is 0.641. The van der Waals surface area contributed by atoms with E-state index in [2.05, 4.69) is 10.9 Å². The Hall–Kier alpha value is -1.98. The largest absolute Gasteiger partial charge is 0.273 e. The smallest absolute Gasteiger partial charge is 0.269 e. The van der Waals surface area contributed by atoms with Crippen molar-refractivity contribution in [2.75, 3.05) is 5.75 Å². The lowest BCUT2D eigenvalue weighted by atomic mass is 10.1. The predicted molar refractivity (Wildman–Crippen MR) is 93.6 cm³/mol. The number of rotatable bonds is 5. The predicted octanol–water partition coefficient (Wildman–Crippen LogP) is 3.59. The van der Waals surface area contributed by atoms with Gasteiger partial charge in [-0.25, -0.2) is 0 Å². The lowest BCUT2D eigenvalue weighted by Crippen LogP contribution is -2.42. The number of carbonyl (C=O) groups is 2. The zero-order chi connectivity index (χ0) is 16.7. The molecule has 2 N–H and O–H groups in total. The van der Waals surface area contributed by atoms with Crippen LogP contribution in [0.4, 0.5) is 0 Å². The summed E-state index contributed by atoms with van der Waals surface area (Å²) in [4.78, 5) is 24.7. The number of hydrogen-bond acceptors (Lipinski definition) is 3. The minimum absolute atomic E-state index is 0.228. The Morgan fingerprint density at radius 2 is 1.74 bits per heavy atom. The van der Waals surface area contributed by atoms with Gasteiger partial charge in [-0.05, 0) is 42.8 Å². The molecule has 0 fully saturated rings. The molecule has 0 heterocycles. The maximum Gasteiger partial charge on any atom is 0.269 e. The molecule has 0 unspecified atom stereocenters. The molecule has 0 saturated heterocycles. The normalized spacial score (nSPS) is 10.2. The maximum absolute atomic E-state index is 12.0. The molecular formula is C17H17ClN2O2S. The number of thioether (sulfide) groups is 1. The lowest BCUT2D eigenvalue weighted by Gasteiger charge is -2.09. The lowest BCUT2D eigenvalue weighted by molar-refractivity contribution is -0.121. The van der Waals surface area contributed by atoms with E-state index in [1.807, 2.05) is 43.3 Å². The van der Waals surface area contributed by atoms with Crippen molar-refractivity contribution in [3.63, 3.8) is 0 Å². The van der Waals surface area contributed by atoms with Gasteiger partial charge in [0.1, 0.15) is 0 Å². The first-order chi connectivity index (χ1) is 11.1. The molecule has 2 aromatic rings. The van der Waals surface area contributed by atoms with Crippen LogP contribution >= 0.6 is 23.4 Å². The van der Waals surface area contributed by atoms with Crippen LogP contribution in [0.5, 0.6) is 0 Å². The zero-order valence-corrected chi connectivity index (χ0v) is 14.2. The van der Waals surface area contributed by atoms with Gasteiger partial charge in [0.25, 0.3) is 5.91 Å². The number of hydrogen-bond donors (Lipinski definition) is 2. The highest BCUT2D eigenvalue weighted by atomic mass is 35.5. The van der Waals surface area contributed by atoms with E-state index in [1.165, 1.54) is 0 Å². The molecule has 0 aromatic heterocycles. The number of benzene rings is 2. The standard InChI is InChI=1S/C17H17ClN2O2S/c1-12-4-2-3-5-15(12)17(22)20-19-16(21)10-11-23-14-8-6-13(18)7-9-14/h2-9H,10-11H2,1H3,(H,19,21)(H,20,22). The average Bonchev–Trinajstić information content (AvgIpc) is 2.55. The highest BCUT2D eigenvalue weighted by molar-refractivity contribution is 7.99. The minimum atomic E-state index is -0.318. The minimum Gasteiger partial charge on any atom is -0.273 e. The molecule has 0 atom stereocenters. The van der Waals surface area contributed by atoms with Crippen molar-refractivity contribution >= 4 is 35.2 Å². The summed E-state index contributed by atoms with van der Waals surface area (Å²) in [5.41, 5.74) is 6.26. The zero-order valence-electron chi connectivity index (χ0n) is 12.6. The van der Waals surface area contributed by atoms with Crippen molar-refractivity contribution in [2.45, 2.75) is 18.2 Å². The van der Waals surface area contributed by atoms with Gasteiger partial charge in [-0.15, -0.1) is 11.8 Å². The van der Waals surface area contributed by atoms with Crippen LogP contribution < -0.4 is 10.9 Å². The summed E-state index contributed by atoms with van der Waals surface area (Å²) in [5, 5.41) is 0.686.